The Labute approximate surface area is 104 Å². The van der Waals surface area contributed by atoms with E-state index in [1.165, 1.54) is 0 Å². The number of hydrogen-bond acceptors (Lipinski definition) is 4. The van der Waals surface area contributed by atoms with Gasteiger partial charge in [0.15, 0.2) is 11.6 Å². The highest BCUT2D eigenvalue weighted by Crippen LogP contribution is 2.20. The first-order valence-corrected chi connectivity index (χ1v) is 5.58. The molecule has 0 aliphatic heterocycles. The van der Waals surface area contributed by atoms with Crippen LogP contribution in [-0.2, 0) is 0 Å². The van der Waals surface area contributed by atoms with E-state index in [2.05, 4.69) is 9.97 Å². The number of ether oxygens (including phenoxy) is 1. The minimum absolute atomic E-state index is 0.458. The molecule has 17 heavy (non-hydrogen) atoms. The van der Waals surface area contributed by atoms with Gasteiger partial charge in [0.25, 0.3) is 0 Å². The molecule has 0 spiro atoms. The third-order valence-corrected chi connectivity index (χ3v) is 2.33. The van der Waals surface area contributed by atoms with Gasteiger partial charge in [-0.2, -0.15) is 0 Å². The Morgan fingerprint density at radius 1 is 1.24 bits per heavy atom. The third-order valence-electron chi connectivity index (χ3n) is 2.10. The molecule has 0 unspecified atom stereocenters. The standard InChI is InChI=1S/C12H12ClN3O/c13-10-3-1-2-9(6-10)12-15-7-11(8-16-12)17-5-4-14/h1-3,6-8H,4-5,14H2. The normalized spacial score (nSPS) is 10.2. The summed E-state index contributed by atoms with van der Waals surface area (Å²) in [5.41, 5.74) is 6.21. The quantitative estimate of drug-likeness (QED) is 0.902. The lowest BCUT2D eigenvalue weighted by molar-refractivity contribution is 0.325. The zero-order valence-electron chi connectivity index (χ0n) is 9.14. The summed E-state index contributed by atoms with van der Waals surface area (Å²) in [5, 5.41) is 0.662. The van der Waals surface area contributed by atoms with Crippen molar-refractivity contribution < 1.29 is 4.74 Å². The van der Waals surface area contributed by atoms with Crippen molar-refractivity contribution in [2.75, 3.05) is 13.2 Å². The van der Waals surface area contributed by atoms with Gasteiger partial charge in [0, 0.05) is 17.1 Å². The molecule has 0 amide bonds. The molecule has 0 radical (unpaired) electrons. The van der Waals surface area contributed by atoms with Gasteiger partial charge in [-0.3, -0.25) is 0 Å². The van der Waals surface area contributed by atoms with Crippen LogP contribution in [0.25, 0.3) is 11.4 Å². The Balaban J connectivity index is 2.17. The molecule has 2 N–H and O–H groups in total. The average Bonchev–Trinajstić information content (AvgIpc) is 2.37. The van der Waals surface area contributed by atoms with Crippen molar-refractivity contribution in [3.8, 4) is 17.1 Å². The van der Waals surface area contributed by atoms with Crippen LogP contribution in [0.4, 0.5) is 0 Å². The van der Waals surface area contributed by atoms with Crippen LogP contribution < -0.4 is 10.5 Å². The molecule has 2 aromatic rings. The highest BCUT2D eigenvalue weighted by molar-refractivity contribution is 6.30. The van der Waals surface area contributed by atoms with Crippen molar-refractivity contribution in [1.82, 2.24) is 9.97 Å². The van der Waals surface area contributed by atoms with Gasteiger partial charge < -0.3 is 10.5 Å². The van der Waals surface area contributed by atoms with Crippen molar-refractivity contribution in [3.63, 3.8) is 0 Å². The first kappa shape index (κ1) is 11.8. The topological polar surface area (TPSA) is 61.0 Å². The summed E-state index contributed by atoms with van der Waals surface area (Å²) in [6.45, 7) is 0.927. The van der Waals surface area contributed by atoms with Crippen molar-refractivity contribution in [1.29, 1.82) is 0 Å². The minimum atomic E-state index is 0.458. The van der Waals surface area contributed by atoms with E-state index >= 15 is 0 Å². The number of halogens is 1. The number of nitrogens with two attached hydrogens (primary N) is 1. The number of hydrogen-bond donors (Lipinski definition) is 1. The zero-order valence-corrected chi connectivity index (χ0v) is 9.89. The Morgan fingerprint density at radius 3 is 2.65 bits per heavy atom. The molecule has 4 nitrogen and oxygen atoms in total. The van der Waals surface area contributed by atoms with Crippen molar-refractivity contribution >= 4 is 11.6 Å². The summed E-state index contributed by atoms with van der Waals surface area (Å²) in [6.07, 6.45) is 3.25. The highest BCUT2D eigenvalue weighted by atomic mass is 35.5. The van der Waals surface area contributed by atoms with Crippen molar-refractivity contribution in [2.24, 2.45) is 5.73 Å². The van der Waals surface area contributed by atoms with Crippen molar-refractivity contribution in [2.45, 2.75) is 0 Å². The van der Waals surface area contributed by atoms with Crippen LogP contribution in [0, 0.1) is 0 Å². The lowest BCUT2D eigenvalue weighted by atomic mass is 10.2. The molecule has 2 rings (SSSR count). The van der Waals surface area contributed by atoms with E-state index in [1.807, 2.05) is 24.3 Å². The first-order chi connectivity index (χ1) is 8.29. The summed E-state index contributed by atoms with van der Waals surface area (Å²) in [5.74, 6) is 1.23. The van der Waals surface area contributed by atoms with Gasteiger partial charge in [-0.25, -0.2) is 9.97 Å². The molecule has 0 fully saturated rings. The molecule has 0 atom stereocenters. The van der Waals surface area contributed by atoms with E-state index in [1.54, 1.807) is 12.4 Å². The Morgan fingerprint density at radius 2 is 2.00 bits per heavy atom. The molecule has 1 heterocycles. The molecular weight excluding hydrogens is 238 g/mol. The SMILES string of the molecule is NCCOc1cnc(-c2cccc(Cl)c2)nc1. The molecular formula is C12H12ClN3O. The predicted octanol–water partition coefficient (Wildman–Crippen LogP) is 2.13. The maximum atomic E-state index is 5.90. The Kier molecular flexibility index (Phi) is 3.90. The average molecular weight is 250 g/mol. The largest absolute Gasteiger partial charge is 0.489 e. The van der Waals surface area contributed by atoms with Gasteiger partial charge in [0.1, 0.15) is 6.61 Å². The highest BCUT2D eigenvalue weighted by Gasteiger charge is 2.02. The minimum Gasteiger partial charge on any atom is -0.489 e. The van der Waals surface area contributed by atoms with Crippen molar-refractivity contribution in [3.05, 3.63) is 41.7 Å². The van der Waals surface area contributed by atoms with E-state index in [9.17, 15) is 0 Å². The molecule has 5 heteroatoms. The predicted molar refractivity (Wildman–Crippen MR) is 67.0 cm³/mol. The molecule has 88 valence electrons. The number of benzene rings is 1. The Bertz CT molecular complexity index is 487. The lowest BCUT2D eigenvalue weighted by Gasteiger charge is -2.04. The fourth-order valence-corrected chi connectivity index (χ4v) is 1.53. The Hall–Kier alpha value is -1.65. The molecule has 0 saturated heterocycles. The van der Waals surface area contributed by atoms with Gasteiger partial charge in [0.05, 0.1) is 12.4 Å². The maximum Gasteiger partial charge on any atom is 0.159 e. The summed E-state index contributed by atoms with van der Waals surface area (Å²) in [4.78, 5) is 8.41. The van der Waals surface area contributed by atoms with Crippen LogP contribution in [0.2, 0.25) is 5.02 Å². The van der Waals surface area contributed by atoms with E-state index in [0.717, 1.165) is 5.56 Å². The molecule has 0 bridgehead atoms. The van der Waals surface area contributed by atoms with E-state index < -0.39 is 0 Å². The van der Waals surface area contributed by atoms with E-state index in [-0.39, 0.29) is 0 Å². The summed E-state index contributed by atoms with van der Waals surface area (Å²) in [7, 11) is 0. The molecule has 0 saturated carbocycles. The molecule has 0 aliphatic rings. The van der Waals surface area contributed by atoms with Crippen LogP contribution in [0.15, 0.2) is 36.7 Å². The van der Waals surface area contributed by atoms with Crippen LogP contribution in [0.1, 0.15) is 0 Å². The fourth-order valence-electron chi connectivity index (χ4n) is 1.34. The zero-order chi connectivity index (χ0) is 12.1. The lowest BCUT2D eigenvalue weighted by Crippen LogP contribution is -2.10. The van der Waals surface area contributed by atoms with Gasteiger partial charge in [-0.1, -0.05) is 23.7 Å². The monoisotopic (exact) mass is 249 g/mol. The van der Waals surface area contributed by atoms with Crippen LogP contribution in [-0.4, -0.2) is 23.1 Å². The fraction of sp³-hybridized carbons (Fsp3) is 0.167. The summed E-state index contributed by atoms with van der Waals surface area (Å²) >= 11 is 5.90. The smallest absolute Gasteiger partial charge is 0.159 e. The second-order valence-corrected chi connectivity index (χ2v) is 3.83. The van der Waals surface area contributed by atoms with Crippen LogP contribution in [0.3, 0.4) is 0 Å². The van der Waals surface area contributed by atoms with E-state index in [0.29, 0.717) is 29.7 Å². The maximum absolute atomic E-state index is 5.90. The number of aromatic nitrogens is 2. The number of rotatable bonds is 4. The number of nitrogens with zero attached hydrogens (tertiary/aromatic N) is 2. The summed E-state index contributed by atoms with van der Waals surface area (Å²) < 4.78 is 5.29. The van der Waals surface area contributed by atoms with Gasteiger partial charge >= 0.3 is 0 Å². The van der Waals surface area contributed by atoms with Gasteiger partial charge in [-0.15, -0.1) is 0 Å². The second-order valence-electron chi connectivity index (χ2n) is 3.39. The molecule has 0 aliphatic carbocycles. The van der Waals surface area contributed by atoms with E-state index in [4.69, 9.17) is 22.1 Å². The second kappa shape index (κ2) is 5.61. The summed E-state index contributed by atoms with van der Waals surface area (Å²) in [6, 6.07) is 7.39. The van der Waals surface area contributed by atoms with Crippen LogP contribution in [0.5, 0.6) is 5.75 Å². The molecule has 1 aromatic carbocycles. The van der Waals surface area contributed by atoms with Gasteiger partial charge in [0.2, 0.25) is 0 Å². The molecule has 1 aromatic heterocycles. The van der Waals surface area contributed by atoms with Crippen LogP contribution >= 0.6 is 11.6 Å². The first-order valence-electron chi connectivity index (χ1n) is 5.20. The van der Waals surface area contributed by atoms with Gasteiger partial charge in [-0.05, 0) is 12.1 Å². The third kappa shape index (κ3) is 3.15.